The van der Waals surface area contributed by atoms with Gasteiger partial charge in [-0.1, -0.05) is 15.9 Å². The number of amides is 1. The van der Waals surface area contributed by atoms with E-state index in [1.807, 2.05) is 24.3 Å². The largest absolute Gasteiger partial charge is 0.486 e. The van der Waals surface area contributed by atoms with Gasteiger partial charge in [0.1, 0.15) is 18.1 Å². The first-order chi connectivity index (χ1) is 11.5. The summed E-state index contributed by atoms with van der Waals surface area (Å²) < 4.78 is 12.0. The third-order valence-corrected chi connectivity index (χ3v) is 4.50. The van der Waals surface area contributed by atoms with E-state index < -0.39 is 17.3 Å². The number of halogens is 1. The van der Waals surface area contributed by atoms with Crippen LogP contribution >= 0.6 is 15.9 Å². The molecule has 2 N–H and O–H groups in total. The maximum absolute atomic E-state index is 12.0. The number of furan rings is 1. The Morgan fingerprint density at radius 3 is 2.54 bits per heavy atom. The van der Waals surface area contributed by atoms with Crippen molar-refractivity contribution in [1.82, 2.24) is 5.32 Å². The summed E-state index contributed by atoms with van der Waals surface area (Å²) in [5.74, 6) is 0.0639. The Morgan fingerprint density at radius 2 is 1.92 bits per heavy atom. The maximum Gasteiger partial charge on any atom is 0.311 e. The molecule has 0 atom stereocenters. The van der Waals surface area contributed by atoms with Gasteiger partial charge in [0.05, 0.1) is 5.41 Å². The first-order valence-electron chi connectivity index (χ1n) is 7.47. The molecule has 1 aromatic heterocycles. The molecule has 6 nitrogen and oxygen atoms in total. The van der Waals surface area contributed by atoms with Gasteiger partial charge in [0, 0.05) is 11.0 Å². The summed E-state index contributed by atoms with van der Waals surface area (Å²) in [5.41, 5.74) is -0.796. The van der Waals surface area contributed by atoms with E-state index in [0.717, 1.165) is 4.47 Å². The van der Waals surface area contributed by atoms with E-state index in [1.165, 1.54) is 0 Å². The average Bonchev–Trinajstić information content (AvgIpc) is 3.22. The monoisotopic (exact) mass is 393 g/mol. The molecule has 1 aliphatic carbocycles. The number of hydrogen-bond acceptors (Lipinski definition) is 4. The minimum absolute atomic E-state index is 0.118. The van der Waals surface area contributed by atoms with Gasteiger partial charge in [0.2, 0.25) is 0 Å². The first-order valence-corrected chi connectivity index (χ1v) is 8.26. The molecule has 0 aliphatic heterocycles. The Kier molecular flexibility index (Phi) is 4.62. The number of carboxylic acid groups (broad SMARTS) is 1. The van der Waals surface area contributed by atoms with E-state index >= 15 is 0 Å². The highest BCUT2D eigenvalue weighted by Gasteiger charge is 2.50. The normalized spacial score (nSPS) is 14.9. The van der Waals surface area contributed by atoms with E-state index in [4.69, 9.17) is 14.3 Å². The van der Waals surface area contributed by atoms with E-state index in [2.05, 4.69) is 21.2 Å². The zero-order valence-corrected chi connectivity index (χ0v) is 14.3. The van der Waals surface area contributed by atoms with Crippen molar-refractivity contribution in [3.05, 3.63) is 52.4 Å². The molecule has 0 radical (unpaired) electrons. The van der Waals surface area contributed by atoms with E-state index in [0.29, 0.717) is 24.4 Å². The second kappa shape index (κ2) is 6.68. The summed E-state index contributed by atoms with van der Waals surface area (Å²) in [6.45, 7) is 0.320. The fourth-order valence-corrected chi connectivity index (χ4v) is 2.48. The third kappa shape index (κ3) is 3.79. The molecule has 1 aliphatic rings. The van der Waals surface area contributed by atoms with Crippen LogP contribution in [0.4, 0.5) is 0 Å². The zero-order chi connectivity index (χ0) is 17.2. The molecule has 0 unspecified atom stereocenters. The van der Waals surface area contributed by atoms with Crippen LogP contribution in [0.5, 0.6) is 5.75 Å². The average molecular weight is 394 g/mol. The lowest BCUT2D eigenvalue weighted by molar-refractivity contribution is -0.143. The molecular formula is C17H16BrNO5. The van der Waals surface area contributed by atoms with Crippen molar-refractivity contribution in [2.45, 2.75) is 19.4 Å². The minimum Gasteiger partial charge on any atom is -0.486 e. The quantitative estimate of drug-likeness (QED) is 0.753. The molecule has 3 rings (SSSR count). The molecule has 24 heavy (non-hydrogen) atoms. The molecule has 0 saturated heterocycles. The Bertz CT molecular complexity index is 749. The SMILES string of the molecule is O=C(NCC1(C(=O)O)CC1)c1ccc(COc2ccc(Br)cc2)o1. The minimum atomic E-state index is -0.870. The van der Waals surface area contributed by atoms with Crippen LogP contribution < -0.4 is 10.1 Å². The van der Waals surface area contributed by atoms with Crippen molar-refractivity contribution < 1.29 is 23.8 Å². The molecule has 1 fully saturated rings. The molecule has 1 aromatic carbocycles. The summed E-state index contributed by atoms with van der Waals surface area (Å²) >= 11 is 3.35. The molecule has 126 valence electrons. The van der Waals surface area contributed by atoms with Gasteiger partial charge in [0.25, 0.3) is 5.91 Å². The predicted octanol–water partition coefficient (Wildman–Crippen LogP) is 3.22. The lowest BCUT2D eigenvalue weighted by Crippen LogP contribution is -2.34. The summed E-state index contributed by atoms with van der Waals surface area (Å²) in [7, 11) is 0. The molecule has 1 heterocycles. The van der Waals surface area contributed by atoms with Crippen LogP contribution in [0.2, 0.25) is 0 Å². The highest BCUT2D eigenvalue weighted by atomic mass is 79.9. The Labute approximate surface area is 146 Å². The number of carbonyl (C=O) groups is 2. The van der Waals surface area contributed by atoms with Crippen LogP contribution in [0, 0.1) is 5.41 Å². The van der Waals surface area contributed by atoms with Crippen LogP contribution in [0.3, 0.4) is 0 Å². The number of carboxylic acids is 1. The van der Waals surface area contributed by atoms with Crippen LogP contribution in [0.25, 0.3) is 0 Å². The fourth-order valence-electron chi connectivity index (χ4n) is 2.22. The molecule has 0 bridgehead atoms. The second-order valence-corrected chi connectivity index (χ2v) is 6.69. The lowest BCUT2D eigenvalue weighted by atomic mass is 10.1. The number of carbonyl (C=O) groups excluding carboxylic acids is 1. The Hall–Kier alpha value is -2.28. The van der Waals surface area contributed by atoms with Crippen LogP contribution in [0.1, 0.15) is 29.2 Å². The van der Waals surface area contributed by atoms with Crippen molar-refractivity contribution in [2.24, 2.45) is 5.41 Å². The van der Waals surface area contributed by atoms with Crippen molar-refractivity contribution >= 4 is 27.8 Å². The summed E-state index contributed by atoms with van der Waals surface area (Å²) in [5, 5.41) is 11.7. The van der Waals surface area contributed by atoms with Gasteiger partial charge in [-0.25, -0.2) is 0 Å². The second-order valence-electron chi connectivity index (χ2n) is 5.78. The number of nitrogens with one attached hydrogen (secondary N) is 1. The van der Waals surface area contributed by atoms with Crippen molar-refractivity contribution in [2.75, 3.05) is 6.54 Å². The van der Waals surface area contributed by atoms with E-state index in [-0.39, 0.29) is 18.9 Å². The van der Waals surface area contributed by atoms with Gasteiger partial charge >= 0.3 is 5.97 Å². The van der Waals surface area contributed by atoms with Crippen LogP contribution in [-0.2, 0) is 11.4 Å². The van der Waals surface area contributed by atoms with Crippen molar-refractivity contribution in [3.8, 4) is 5.75 Å². The summed E-state index contributed by atoms with van der Waals surface area (Å²) in [4.78, 5) is 23.1. The third-order valence-electron chi connectivity index (χ3n) is 3.97. The summed E-state index contributed by atoms with van der Waals surface area (Å²) in [6, 6.07) is 10.6. The maximum atomic E-state index is 12.0. The molecule has 1 amide bonds. The van der Waals surface area contributed by atoms with Gasteiger partial charge < -0.3 is 19.6 Å². The van der Waals surface area contributed by atoms with Crippen molar-refractivity contribution in [3.63, 3.8) is 0 Å². The lowest BCUT2D eigenvalue weighted by Gasteiger charge is -2.09. The van der Waals surface area contributed by atoms with Gasteiger partial charge in [-0.15, -0.1) is 0 Å². The topological polar surface area (TPSA) is 88.8 Å². The van der Waals surface area contributed by atoms with Gasteiger partial charge in [0.15, 0.2) is 5.76 Å². The number of hydrogen-bond donors (Lipinski definition) is 2. The molecule has 0 spiro atoms. The smallest absolute Gasteiger partial charge is 0.311 e. The molecule has 2 aromatic rings. The molecular weight excluding hydrogens is 378 g/mol. The standard InChI is InChI=1S/C17H16BrNO5/c18-11-1-3-12(4-2-11)23-9-13-5-6-14(24-13)15(20)19-10-17(7-8-17)16(21)22/h1-6H,7-10H2,(H,19,20)(H,21,22). The van der Waals surface area contributed by atoms with E-state index in [1.54, 1.807) is 12.1 Å². The van der Waals surface area contributed by atoms with Crippen LogP contribution in [0.15, 0.2) is 45.3 Å². The zero-order valence-electron chi connectivity index (χ0n) is 12.8. The van der Waals surface area contributed by atoms with E-state index in [9.17, 15) is 9.59 Å². The van der Waals surface area contributed by atoms with Gasteiger partial charge in [-0.3, -0.25) is 9.59 Å². The highest BCUT2D eigenvalue weighted by Crippen LogP contribution is 2.45. The number of benzene rings is 1. The predicted molar refractivity (Wildman–Crippen MR) is 88.8 cm³/mol. The fraction of sp³-hybridized carbons (Fsp3) is 0.294. The Morgan fingerprint density at radius 1 is 1.21 bits per heavy atom. The van der Waals surface area contributed by atoms with Crippen molar-refractivity contribution in [1.29, 1.82) is 0 Å². The molecule has 1 saturated carbocycles. The number of ether oxygens (including phenoxy) is 1. The molecule has 7 heteroatoms. The highest BCUT2D eigenvalue weighted by molar-refractivity contribution is 9.10. The summed E-state index contributed by atoms with van der Waals surface area (Å²) in [6.07, 6.45) is 1.18. The van der Waals surface area contributed by atoms with Crippen LogP contribution in [-0.4, -0.2) is 23.5 Å². The van der Waals surface area contributed by atoms with Gasteiger partial charge in [-0.2, -0.15) is 0 Å². The number of aliphatic carboxylic acids is 1. The Balaban J connectivity index is 1.52. The first kappa shape index (κ1) is 16.6. The number of rotatable bonds is 7. The van der Waals surface area contributed by atoms with Gasteiger partial charge in [-0.05, 0) is 49.2 Å².